The number of hydrogen-bond acceptors (Lipinski definition) is 5. The Hall–Kier alpha value is -3.15. The van der Waals surface area contributed by atoms with Crippen LogP contribution >= 0.6 is 0 Å². The maximum Gasteiger partial charge on any atom is 0.181 e. The summed E-state index contributed by atoms with van der Waals surface area (Å²) in [6.45, 7) is 0. The Morgan fingerprint density at radius 1 is 1.05 bits per heavy atom. The molecule has 0 unspecified atom stereocenters. The first-order valence-electron chi connectivity index (χ1n) is 6.78. The molecular formula is C16H15N5O. The van der Waals surface area contributed by atoms with Crippen LogP contribution in [0.5, 0.6) is 5.75 Å². The van der Waals surface area contributed by atoms with E-state index in [9.17, 15) is 0 Å². The van der Waals surface area contributed by atoms with Crippen molar-refractivity contribution in [2.45, 2.75) is 0 Å². The predicted octanol–water partition coefficient (Wildman–Crippen LogP) is 2.75. The van der Waals surface area contributed by atoms with Crippen molar-refractivity contribution in [1.29, 1.82) is 0 Å². The highest BCUT2D eigenvalue weighted by Crippen LogP contribution is 2.23. The second-order valence-electron chi connectivity index (χ2n) is 4.46. The smallest absolute Gasteiger partial charge is 0.181 e. The molecule has 0 saturated carbocycles. The molecule has 2 aromatic carbocycles. The molecule has 0 saturated heterocycles. The van der Waals surface area contributed by atoms with Crippen molar-refractivity contribution in [3.05, 3.63) is 66.6 Å². The van der Waals surface area contributed by atoms with Crippen LogP contribution in [0.4, 0.5) is 5.69 Å². The van der Waals surface area contributed by atoms with Gasteiger partial charge < -0.3 is 10.1 Å². The zero-order valence-electron chi connectivity index (χ0n) is 12.0. The Morgan fingerprint density at radius 2 is 1.82 bits per heavy atom. The first kappa shape index (κ1) is 13.8. The molecule has 1 heterocycles. The fourth-order valence-corrected chi connectivity index (χ4v) is 2.02. The number of ether oxygens (including phenoxy) is 1. The molecule has 0 aliphatic rings. The summed E-state index contributed by atoms with van der Waals surface area (Å²) >= 11 is 0. The van der Waals surface area contributed by atoms with E-state index in [2.05, 4.69) is 20.8 Å². The number of rotatable bonds is 5. The minimum absolute atomic E-state index is 0.633. The van der Waals surface area contributed by atoms with Gasteiger partial charge in [0.25, 0.3) is 0 Å². The molecule has 22 heavy (non-hydrogen) atoms. The Morgan fingerprint density at radius 3 is 2.64 bits per heavy atom. The second-order valence-corrected chi connectivity index (χ2v) is 4.46. The van der Waals surface area contributed by atoms with E-state index in [4.69, 9.17) is 4.74 Å². The van der Waals surface area contributed by atoms with E-state index >= 15 is 0 Å². The van der Waals surface area contributed by atoms with E-state index in [1.165, 1.54) is 0 Å². The summed E-state index contributed by atoms with van der Waals surface area (Å²) in [4.78, 5) is 0. The molecule has 0 aliphatic carbocycles. The number of methoxy groups -OCH3 is 1. The van der Waals surface area contributed by atoms with Crippen molar-refractivity contribution in [3.63, 3.8) is 0 Å². The third-order valence-corrected chi connectivity index (χ3v) is 3.07. The standard InChI is InChI=1S/C16H15N5O/c1-22-15-10-6-5-9-14(15)17-12-11-16-18-19-20-21(16)13-7-3-2-4-8-13/h2-12,17H,1H3. The number of nitrogens with one attached hydrogen (secondary N) is 1. The number of aromatic nitrogens is 4. The fraction of sp³-hybridized carbons (Fsp3) is 0.0625. The van der Waals surface area contributed by atoms with Crippen LogP contribution in [0.15, 0.2) is 60.8 Å². The molecule has 0 fully saturated rings. The summed E-state index contributed by atoms with van der Waals surface area (Å²) in [6, 6.07) is 17.4. The normalized spacial score (nSPS) is 10.8. The summed E-state index contributed by atoms with van der Waals surface area (Å²) < 4.78 is 6.95. The van der Waals surface area contributed by atoms with Crippen LogP contribution in [0.2, 0.25) is 0 Å². The number of nitrogens with zero attached hydrogens (tertiary/aromatic N) is 4. The van der Waals surface area contributed by atoms with Gasteiger partial charge in [0.15, 0.2) is 5.82 Å². The maximum absolute atomic E-state index is 5.28. The van der Waals surface area contributed by atoms with E-state index in [0.29, 0.717) is 5.82 Å². The van der Waals surface area contributed by atoms with E-state index < -0.39 is 0 Å². The first-order valence-corrected chi connectivity index (χ1v) is 6.78. The van der Waals surface area contributed by atoms with Gasteiger partial charge in [0.05, 0.1) is 18.5 Å². The number of para-hydroxylation sites is 3. The fourth-order valence-electron chi connectivity index (χ4n) is 2.02. The van der Waals surface area contributed by atoms with Crippen molar-refractivity contribution >= 4 is 11.8 Å². The van der Waals surface area contributed by atoms with Crippen molar-refractivity contribution in [2.24, 2.45) is 0 Å². The van der Waals surface area contributed by atoms with Crippen molar-refractivity contribution in [1.82, 2.24) is 20.2 Å². The van der Waals surface area contributed by atoms with Crippen molar-refractivity contribution < 1.29 is 4.74 Å². The average molecular weight is 293 g/mol. The van der Waals surface area contributed by atoms with E-state index in [0.717, 1.165) is 17.1 Å². The molecule has 0 aliphatic heterocycles. The quantitative estimate of drug-likeness (QED) is 0.783. The first-order chi connectivity index (χ1) is 10.9. The molecule has 6 heteroatoms. The Labute approximate surface area is 128 Å². The number of anilines is 1. The van der Waals surface area contributed by atoms with Crippen molar-refractivity contribution in [2.75, 3.05) is 12.4 Å². The van der Waals surface area contributed by atoms with Gasteiger partial charge >= 0.3 is 0 Å². The monoisotopic (exact) mass is 293 g/mol. The van der Waals surface area contributed by atoms with Gasteiger partial charge in [0, 0.05) is 12.3 Å². The largest absolute Gasteiger partial charge is 0.495 e. The predicted molar refractivity (Wildman–Crippen MR) is 84.8 cm³/mol. The summed E-state index contributed by atoms with van der Waals surface area (Å²) in [6.07, 6.45) is 3.59. The van der Waals surface area contributed by atoms with Crippen molar-refractivity contribution in [3.8, 4) is 11.4 Å². The van der Waals surface area contributed by atoms with E-state index in [-0.39, 0.29) is 0 Å². The average Bonchev–Trinajstić information content (AvgIpc) is 3.04. The molecule has 0 spiro atoms. The number of benzene rings is 2. The van der Waals surface area contributed by atoms with Crippen LogP contribution in [0.1, 0.15) is 5.82 Å². The Bertz CT molecular complexity index is 767. The molecule has 3 rings (SSSR count). The maximum atomic E-state index is 5.28. The van der Waals surface area contributed by atoms with Crippen LogP contribution in [0.3, 0.4) is 0 Å². The van der Waals surface area contributed by atoms with Gasteiger partial charge in [-0.15, -0.1) is 5.10 Å². The molecule has 0 atom stereocenters. The second kappa shape index (κ2) is 6.53. The number of tetrazole rings is 1. The SMILES string of the molecule is COc1ccccc1NC=Cc1nnnn1-c1ccccc1. The molecule has 0 radical (unpaired) electrons. The molecule has 6 nitrogen and oxygen atoms in total. The zero-order valence-corrected chi connectivity index (χ0v) is 12.0. The lowest BCUT2D eigenvalue weighted by Crippen LogP contribution is -1.99. The van der Waals surface area contributed by atoms with Gasteiger partial charge in [-0.05, 0) is 34.7 Å². The lowest BCUT2D eigenvalue weighted by atomic mass is 10.3. The van der Waals surface area contributed by atoms with E-state index in [1.54, 1.807) is 24.1 Å². The topological polar surface area (TPSA) is 64.9 Å². The molecule has 3 aromatic rings. The Balaban J connectivity index is 1.78. The van der Waals surface area contributed by atoms with Crippen LogP contribution in [0, 0.1) is 0 Å². The van der Waals surface area contributed by atoms with E-state index in [1.807, 2.05) is 54.6 Å². The summed E-state index contributed by atoms with van der Waals surface area (Å²) in [5.74, 6) is 1.41. The van der Waals surface area contributed by atoms with Gasteiger partial charge in [-0.25, -0.2) is 0 Å². The molecular weight excluding hydrogens is 278 g/mol. The Kier molecular flexibility index (Phi) is 4.10. The zero-order chi connectivity index (χ0) is 15.2. The van der Waals surface area contributed by atoms with Gasteiger partial charge in [-0.3, -0.25) is 0 Å². The van der Waals surface area contributed by atoms with Crippen LogP contribution < -0.4 is 10.1 Å². The highest BCUT2D eigenvalue weighted by Gasteiger charge is 2.04. The highest BCUT2D eigenvalue weighted by molar-refractivity contribution is 5.60. The minimum atomic E-state index is 0.633. The third-order valence-electron chi connectivity index (χ3n) is 3.07. The lowest BCUT2D eigenvalue weighted by molar-refractivity contribution is 0.417. The van der Waals surface area contributed by atoms with Gasteiger partial charge in [0.1, 0.15) is 5.75 Å². The minimum Gasteiger partial charge on any atom is -0.495 e. The lowest BCUT2D eigenvalue weighted by Gasteiger charge is -2.07. The summed E-state index contributed by atoms with van der Waals surface area (Å²) in [5, 5.41) is 14.9. The van der Waals surface area contributed by atoms with Gasteiger partial charge in [-0.1, -0.05) is 30.3 Å². The highest BCUT2D eigenvalue weighted by atomic mass is 16.5. The molecule has 0 bridgehead atoms. The number of hydrogen-bond donors (Lipinski definition) is 1. The molecule has 110 valence electrons. The summed E-state index contributed by atoms with van der Waals surface area (Å²) in [7, 11) is 1.64. The van der Waals surface area contributed by atoms with Crippen LogP contribution in [-0.4, -0.2) is 27.3 Å². The third kappa shape index (κ3) is 2.95. The molecule has 1 N–H and O–H groups in total. The van der Waals surface area contributed by atoms with Crippen LogP contribution in [-0.2, 0) is 0 Å². The molecule has 1 aromatic heterocycles. The van der Waals surface area contributed by atoms with Gasteiger partial charge in [-0.2, -0.15) is 4.68 Å². The van der Waals surface area contributed by atoms with Crippen LogP contribution in [0.25, 0.3) is 11.8 Å². The van der Waals surface area contributed by atoms with Gasteiger partial charge in [0.2, 0.25) is 0 Å². The summed E-state index contributed by atoms with van der Waals surface area (Å²) in [5.41, 5.74) is 1.78. The molecule has 0 amide bonds.